The molecule has 38 heavy (non-hydrogen) atoms. The largest absolute Gasteiger partial charge is 0.454 e. The van der Waals surface area contributed by atoms with Crippen molar-refractivity contribution in [2.24, 2.45) is 5.92 Å². The van der Waals surface area contributed by atoms with Crippen LogP contribution in [0, 0.1) is 11.7 Å². The summed E-state index contributed by atoms with van der Waals surface area (Å²) in [7, 11) is -4.16. The van der Waals surface area contributed by atoms with Gasteiger partial charge in [0.1, 0.15) is 16.5 Å². The number of carbonyl (C=O) groups excluding carboxylic acids is 1. The third kappa shape index (κ3) is 7.46. The Morgan fingerprint density at radius 3 is 2.53 bits per heavy atom. The Kier molecular flexibility index (Phi) is 9.60. The minimum absolute atomic E-state index is 0.0199. The van der Waals surface area contributed by atoms with Gasteiger partial charge in [0, 0.05) is 12.2 Å². The molecule has 202 valence electrons. The van der Waals surface area contributed by atoms with E-state index in [0.717, 1.165) is 44.5 Å². The van der Waals surface area contributed by atoms with Crippen LogP contribution in [0.3, 0.4) is 0 Å². The second-order valence-electron chi connectivity index (χ2n) is 9.23. The van der Waals surface area contributed by atoms with Crippen LogP contribution >= 0.6 is 11.6 Å². The summed E-state index contributed by atoms with van der Waals surface area (Å²) in [4.78, 5) is 12.9. The summed E-state index contributed by atoms with van der Waals surface area (Å²) in [5.41, 5.74) is 0.376. The lowest BCUT2D eigenvalue weighted by molar-refractivity contribution is 0.0950. The Labute approximate surface area is 227 Å². The average Bonchev–Trinajstić information content (AvgIpc) is 2.91. The first kappa shape index (κ1) is 27.9. The van der Waals surface area contributed by atoms with Crippen molar-refractivity contribution < 1.29 is 22.3 Å². The number of piperidine rings is 1. The number of carbonyl (C=O) groups is 1. The maximum atomic E-state index is 13.6. The summed E-state index contributed by atoms with van der Waals surface area (Å²) in [5, 5.41) is 6.18. The third-order valence-corrected chi connectivity index (χ3v) is 8.13. The number of halogens is 2. The molecule has 0 unspecified atom stereocenters. The van der Waals surface area contributed by atoms with Gasteiger partial charge in [0.25, 0.3) is 15.9 Å². The van der Waals surface area contributed by atoms with Crippen molar-refractivity contribution >= 4 is 33.2 Å². The first-order valence-electron chi connectivity index (χ1n) is 12.7. The number of hydrogen-bond acceptors (Lipinski definition) is 5. The maximum absolute atomic E-state index is 13.6. The summed E-state index contributed by atoms with van der Waals surface area (Å²) in [6.45, 7) is 2.56. The molecule has 3 N–H and O–H groups in total. The lowest BCUT2D eigenvalue weighted by Gasteiger charge is -2.22. The van der Waals surface area contributed by atoms with Gasteiger partial charge in [0.2, 0.25) is 0 Å². The highest BCUT2D eigenvalue weighted by molar-refractivity contribution is 7.92. The molecule has 7 nitrogen and oxygen atoms in total. The zero-order valence-electron chi connectivity index (χ0n) is 20.9. The standard InChI is InChI=1S/C28H31ClFN3O4S/c29-24-19-21(30)12-13-25(24)37-27-23(28(34)32-16-5-4-7-20-14-17-31-18-15-20)10-6-11-26(27)38(35,36)33-22-8-2-1-3-9-22/h1-3,6,8-13,19-20,31,33H,4-5,7,14-18H2,(H,32,34). The Bertz CT molecular complexity index is 1350. The summed E-state index contributed by atoms with van der Waals surface area (Å²) in [6.07, 6.45) is 5.28. The van der Waals surface area contributed by atoms with Crippen molar-refractivity contribution in [3.63, 3.8) is 0 Å². The molecule has 1 saturated heterocycles. The normalized spacial score (nSPS) is 14.2. The van der Waals surface area contributed by atoms with E-state index >= 15 is 0 Å². The van der Waals surface area contributed by atoms with Gasteiger partial charge in [0.05, 0.1) is 10.6 Å². The number of rotatable bonds is 11. The van der Waals surface area contributed by atoms with Gasteiger partial charge in [-0.25, -0.2) is 12.8 Å². The van der Waals surface area contributed by atoms with Crippen LogP contribution in [-0.4, -0.2) is 34.0 Å². The number of nitrogens with one attached hydrogen (secondary N) is 3. The number of amides is 1. The van der Waals surface area contributed by atoms with Crippen LogP contribution in [0.5, 0.6) is 11.5 Å². The first-order chi connectivity index (χ1) is 18.3. The van der Waals surface area contributed by atoms with Crippen molar-refractivity contribution in [2.45, 2.75) is 37.0 Å². The third-order valence-electron chi connectivity index (χ3n) is 6.43. The highest BCUT2D eigenvalue weighted by Gasteiger charge is 2.26. The van der Waals surface area contributed by atoms with E-state index in [1.807, 2.05) is 0 Å². The number of para-hydroxylation sites is 2. The minimum atomic E-state index is -4.16. The van der Waals surface area contributed by atoms with Crippen molar-refractivity contribution in [1.29, 1.82) is 0 Å². The first-order valence-corrected chi connectivity index (χ1v) is 14.5. The molecule has 3 aromatic carbocycles. The molecule has 1 heterocycles. The van der Waals surface area contributed by atoms with Crippen LogP contribution in [-0.2, 0) is 10.0 Å². The Balaban J connectivity index is 1.55. The summed E-state index contributed by atoms with van der Waals surface area (Å²) in [5.74, 6) is -0.511. The van der Waals surface area contributed by atoms with Gasteiger partial charge in [-0.05, 0) is 80.7 Å². The number of benzene rings is 3. The SMILES string of the molecule is O=C(NCCCCC1CCNCC1)c1cccc(S(=O)(=O)Nc2ccccc2)c1Oc1ccc(F)cc1Cl. The zero-order chi connectivity index (χ0) is 27.0. The van der Waals surface area contributed by atoms with Crippen LogP contribution in [0.4, 0.5) is 10.1 Å². The highest BCUT2D eigenvalue weighted by atomic mass is 35.5. The number of ether oxygens (including phenoxy) is 1. The molecule has 4 rings (SSSR count). The lowest BCUT2D eigenvalue weighted by Crippen LogP contribution is -2.28. The van der Waals surface area contributed by atoms with Gasteiger partial charge < -0.3 is 15.4 Å². The Morgan fingerprint density at radius 2 is 1.79 bits per heavy atom. The van der Waals surface area contributed by atoms with Crippen LogP contribution < -0.4 is 20.1 Å². The van der Waals surface area contributed by atoms with E-state index in [-0.39, 0.29) is 27.0 Å². The van der Waals surface area contributed by atoms with E-state index in [9.17, 15) is 17.6 Å². The van der Waals surface area contributed by atoms with Gasteiger partial charge in [-0.3, -0.25) is 9.52 Å². The molecule has 0 aromatic heterocycles. The van der Waals surface area contributed by atoms with E-state index in [0.29, 0.717) is 18.2 Å². The predicted octanol–water partition coefficient (Wildman–Crippen LogP) is 5.97. The summed E-state index contributed by atoms with van der Waals surface area (Å²) < 4.78 is 48.7. The van der Waals surface area contributed by atoms with Gasteiger partial charge >= 0.3 is 0 Å². The molecule has 0 bridgehead atoms. The predicted molar refractivity (Wildman–Crippen MR) is 147 cm³/mol. The fraction of sp³-hybridized carbons (Fsp3) is 0.321. The van der Waals surface area contributed by atoms with Crippen LogP contribution in [0.15, 0.2) is 71.6 Å². The van der Waals surface area contributed by atoms with Crippen molar-refractivity contribution in [1.82, 2.24) is 10.6 Å². The molecule has 0 aliphatic carbocycles. The molecule has 1 fully saturated rings. The van der Waals surface area contributed by atoms with Gasteiger partial charge in [-0.1, -0.05) is 48.7 Å². The molecule has 1 amide bonds. The van der Waals surface area contributed by atoms with Crippen molar-refractivity contribution in [2.75, 3.05) is 24.4 Å². The average molecular weight is 560 g/mol. The van der Waals surface area contributed by atoms with E-state index in [2.05, 4.69) is 15.4 Å². The quantitative estimate of drug-likeness (QED) is 0.251. The number of anilines is 1. The molecular weight excluding hydrogens is 529 g/mol. The summed E-state index contributed by atoms with van der Waals surface area (Å²) >= 11 is 6.16. The van der Waals surface area contributed by atoms with Crippen LogP contribution in [0.2, 0.25) is 5.02 Å². The molecule has 0 spiro atoms. The molecule has 0 saturated carbocycles. The van der Waals surface area contributed by atoms with E-state index < -0.39 is 21.7 Å². The smallest absolute Gasteiger partial charge is 0.265 e. The molecule has 1 aliphatic rings. The zero-order valence-corrected chi connectivity index (χ0v) is 22.5. The van der Waals surface area contributed by atoms with Gasteiger partial charge in [0.15, 0.2) is 5.75 Å². The van der Waals surface area contributed by atoms with E-state index in [1.54, 1.807) is 30.3 Å². The second kappa shape index (κ2) is 13.1. The van der Waals surface area contributed by atoms with Crippen LogP contribution in [0.25, 0.3) is 0 Å². The van der Waals surface area contributed by atoms with Gasteiger partial charge in [-0.15, -0.1) is 0 Å². The number of hydrogen-bond donors (Lipinski definition) is 3. The highest BCUT2D eigenvalue weighted by Crippen LogP contribution is 2.37. The van der Waals surface area contributed by atoms with Crippen molar-refractivity contribution in [3.8, 4) is 11.5 Å². The van der Waals surface area contributed by atoms with Crippen LogP contribution in [0.1, 0.15) is 42.5 Å². The number of sulfonamides is 1. The lowest BCUT2D eigenvalue weighted by atomic mass is 9.92. The number of unbranched alkanes of at least 4 members (excludes halogenated alkanes) is 1. The monoisotopic (exact) mass is 559 g/mol. The molecule has 3 aromatic rings. The van der Waals surface area contributed by atoms with Gasteiger partial charge in [-0.2, -0.15) is 0 Å². The summed E-state index contributed by atoms with van der Waals surface area (Å²) in [6, 6.07) is 16.2. The Hall–Kier alpha value is -3.14. The van der Waals surface area contributed by atoms with Crippen molar-refractivity contribution in [3.05, 3.63) is 83.1 Å². The molecule has 10 heteroatoms. The molecule has 1 aliphatic heterocycles. The fourth-order valence-electron chi connectivity index (χ4n) is 4.42. The minimum Gasteiger partial charge on any atom is -0.454 e. The topological polar surface area (TPSA) is 96.5 Å². The molecule has 0 atom stereocenters. The Morgan fingerprint density at radius 1 is 1.03 bits per heavy atom. The second-order valence-corrected chi connectivity index (χ2v) is 11.3. The van der Waals surface area contributed by atoms with E-state index in [4.69, 9.17) is 16.3 Å². The van der Waals surface area contributed by atoms with E-state index in [1.165, 1.54) is 37.1 Å². The molecular formula is C28H31ClFN3O4S. The fourth-order valence-corrected chi connectivity index (χ4v) is 5.84. The maximum Gasteiger partial charge on any atom is 0.265 e. The molecule has 0 radical (unpaired) electrons.